The molecule has 28 heavy (non-hydrogen) atoms. The Morgan fingerprint density at radius 3 is 2.32 bits per heavy atom. The molecule has 2 aromatic rings. The van der Waals surface area contributed by atoms with Gasteiger partial charge in [-0.3, -0.25) is 9.59 Å². The summed E-state index contributed by atoms with van der Waals surface area (Å²) in [6, 6.07) is 13.2. The third-order valence-corrected chi connectivity index (χ3v) is 6.83. The van der Waals surface area contributed by atoms with Crippen LogP contribution in [0.1, 0.15) is 39.1 Å². The monoisotopic (exact) mass is 401 g/mol. The Morgan fingerprint density at radius 2 is 1.71 bits per heavy atom. The molecule has 0 aromatic heterocycles. The van der Waals surface area contributed by atoms with Crippen LogP contribution in [0.2, 0.25) is 0 Å². The van der Waals surface area contributed by atoms with Crippen molar-refractivity contribution in [2.75, 3.05) is 13.1 Å². The summed E-state index contributed by atoms with van der Waals surface area (Å²) in [5.74, 6) is -0.816. The van der Waals surface area contributed by atoms with Crippen molar-refractivity contribution < 1.29 is 18.0 Å². The Hall–Kier alpha value is -2.71. The van der Waals surface area contributed by atoms with Gasteiger partial charge in [-0.1, -0.05) is 24.3 Å². The number of piperidine rings is 1. The van der Waals surface area contributed by atoms with E-state index in [0.717, 1.165) is 0 Å². The fraction of sp³-hybridized carbons (Fsp3) is 0.300. The summed E-state index contributed by atoms with van der Waals surface area (Å²) >= 11 is 0. The number of benzene rings is 2. The van der Waals surface area contributed by atoms with Crippen molar-refractivity contribution in [2.45, 2.75) is 30.7 Å². The zero-order valence-corrected chi connectivity index (χ0v) is 16.4. The van der Waals surface area contributed by atoms with Crippen molar-refractivity contribution in [2.24, 2.45) is 5.73 Å². The predicted molar refractivity (Wildman–Crippen MR) is 105 cm³/mol. The molecule has 3 rings (SSSR count). The van der Waals surface area contributed by atoms with Gasteiger partial charge in [0.2, 0.25) is 15.9 Å². The summed E-state index contributed by atoms with van der Waals surface area (Å²) < 4.78 is 27.2. The van der Waals surface area contributed by atoms with E-state index in [9.17, 15) is 18.0 Å². The first kappa shape index (κ1) is 20.0. The second-order valence-electron chi connectivity index (χ2n) is 6.86. The molecular weight excluding hydrogens is 378 g/mol. The largest absolute Gasteiger partial charge is 0.366 e. The van der Waals surface area contributed by atoms with Crippen molar-refractivity contribution >= 4 is 21.8 Å². The summed E-state index contributed by atoms with van der Waals surface area (Å²) in [6.07, 6.45) is 1.04. The molecule has 8 heteroatoms. The highest BCUT2D eigenvalue weighted by molar-refractivity contribution is 7.89. The summed E-state index contributed by atoms with van der Waals surface area (Å²) in [5.41, 5.74) is 6.74. The summed E-state index contributed by atoms with van der Waals surface area (Å²) in [6.45, 7) is 2.29. The van der Waals surface area contributed by atoms with Gasteiger partial charge in [-0.15, -0.1) is 0 Å². The first-order valence-electron chi connectivity index (χ1n) is 9.05. The maximum Gasteiger partial charge on any atom is 0.251 e. The number of primary amides is 1. The van der Waals surface area contributed by atoms with E-state index in [1.807, 2.05) is 6.07 Å². The Labute approximate surface area is 164 Å². The lowest BCUT2D eigenvalue weighted by Crippen LogP contribution is -2.46. The maximum absolute atomic E-state index is 12.9. The average molecular weight is 401 g/mol. The van der Waals surface area contributed by atoms with E-state index in [1.165, 1.54) is 16.4 Å². The van der Waals surface area contributed by atoms with Gasteiger partial charge in [-0.2, -0.15) is 4.31 Å². The van der Waals surface area contributed by atoms with Gasteiger partial charge >= 0.3 is 0 Å². The first-order chi connectivity index (χ1) is 13.3. The smallest absolute Gasteiger partial charge is 0.251 e. The van der Waals surface area contributed by atoms with Crippen LogP contribution < -0.4 is 11.1 Å². The molecule has 0 aliphatic carbocycles. The number of sulfonamides is 1. The van der Waals surface area contributed by atoms with Crippen LogP contribution in [0.15, 0.2) is 53.4 Å². The highest BCUT2D eigenvalue weighted by Gasteiger charge is 2.30. The minimum atomic E-state index is -3.73. The molecule has 0 spiro atoms. The van der Waals surface area contributed by atoms with E-state index in [2.05, 4.69) is 5.32 Å². The second kappa shape index (κ2) is 8.12. The van der Waals surface area contributed by atoms with Crippen LogP contribution in [0.3, 0.4) is 0 Å². The molecule has 1 saturated heterocycles. The minimum Gasteiger partial charge on any atom is -0.366 e. The van der Waals surface area contributed by atoms with Crippen molar-refractivity contribution in [3.05, 3.63) is 65.2 Å². The number of amides is 2. The van der Waals surface area contributed by atoms with Crippen molar-refractivity contribution in [3.8, 4) is 0 Å². The lowest BCUT2D eigenvalue weighted by Gasteiger charge is -2.31. The normalized spacial score (nSPS) is 15.9. The standard InChI is InChI=1S/C20H23N3O4S/c1-14-7-8-17(13-18(14)19(21)24)28(26,27)23-11-9-16(10-12-23)22-20(25)15-5-3-2-4-6-15/h2-8,13,16H,9-12H2,1H3,(H2,21,24)(H,22,25). The molecule has 0 bridgehead atoms. The molecule has 2 aromatic carbocycles. The molecule has 148 valence electrons. The van der Waals surface area contributed by atoms with Crippen LogP contribution in [-0.4, -0.2) is 43.7 Å². The van der Waals surface area contributed by atoms with E-state index in [1.54, 1.807) is 37.3 Å². The van der Waals surface area contributed by atoms with Gasteiger partial charge in [0, 0.05) is 30.3 Å². The molecule has 3 N–H and O–H groups in total. The summed E-state index contributed by atoms with van der Waals surface area (Å²) in [4.78, 5) is 23.8. The number of nitrogens with one attached hydrogen (secondary N) is 1. The third kappa shape index (κ3) is 4.23. The van der Waals surface area contributed by atoms with Crippen LogP contribution in [0, 0.1) is 6.92 Å². The zero-order chi connectivity index (χ0) is 20.3. The van der Waals surface area contributed by atoms with Crippen LogP contribution in [0.4, 0.5) is 0 Å². The molecule has 1 heterocycles. The molecule has 0 unspecified atom stereocenters. The van der Waals surface area contributed by atoms with Crippen LogP contribution in [-0.2, 0) is 10.0 Å². The predicted octanol–water partition coefficient (Wildman–Crippen LogP) is 1.68. The van der Waals surface area contributed by atoms with E-state index >= 15 is 0 Å². The molecule has 0 saturated carbocycles. The van der Waals surface area contributed by atoms with E-state index in [0.29, 0.717) is 37.1 Å². The number of nitrogens with two attached hydrogens (primary N) is 1. The van der Waals surface area contributed by atoms with Crippen molar-refractivity contribution in [1.82, 2.24) is 9.62 Å². The fourth-order valence-corrected chi connectivity index (χ4v) is 4.77. The number of aryl methyl sites for hydroxylation is 1. The fourth-order valence-electron chi connectivity index (χ4n) is 3.27. The summed E-state index contributed by atoms with van der Waals surface area (Å²) in [7, 11) is -3.73. The van der Waals surface area contributed by atoms with Gasteiger partial charge in [0.1, 0.15) is 0 Å². The van der Waals surface area contributed by atoms with Gasteiger partial charge in [0.15, 0.2) is 0 Å². The number of hydrogen-bond donors (Lipinski definition) is 2. The van der Waals surface area contributed by atoms with E-state index in [4.69, 9.17) is 5.73 Å². The molecule has 1 fully saturated rings. The van der Waals surface area contributed by atoms with Crippen LogP contribution >= 0.6 is 0 Å². The van der Waals surface area contributed by atoms with Gasteiger partial charge in [-0.05, 0) is 49.6 Å². The number of carbonyl (C=O) groups excluding carboxylic acids is 2. The second-order valence-corrected chi connectivity index (χ2v) is 8.80. The van der Waals surface area contributed by atoms with E-state index in [-0.39, 0.29) is 22.4 Å². The number of nitrogens with zero attached hydrogens (tertiary/aromatic N) is 1. The Morgan fingerprint density at radius 1 is 1.07 bits per heavy atom. The van der Waals surface area contributed by atoms with Crippen molar-refractivity contribution in [1.29, 1.82) is 0 Å². The highest BCUT2D eigenvalue weighted by Crippen LogP contribution is 2.23. The number of hydrogen-bond acceptors (Lipinski definition) is 4. The topological polar surface area (TPSA) is 110 Å². The molecule has 1 aliphatic heterocycles. The highest BCUT2D eigenvalue weighted by atomic mass is 32.2. The molecule has 7 nitrogen and oxygen atoms in total. The quantitative estimate of drug-likeness (QED) is 0.794. The molecule has 0 atom stereocenters. The molecule has 1 aliphatic rings. The Bertz CT molecular complexity index is 982. The van der Waals surface area contributed by atoms with Gasteiger partial charge in [0.25, 0.3) is 5.91 Å². The summed E-state index contributed by atoms with van der Waals surface area (Å²) in [5, 5.41) is 2.96. The molecular formula is C20H23N3O4S. The van der Waals surface area contributed by atoms with Gasteiger partial charge in [-0.25, -0.2) is 8.42 Å². The third-order valence-electron chi connectivity index (χ3n) is 4.94. The minimum absolute atomic E-state index is 0.0543. The SMILES string of the molecule is Cc1ccc(S(=O)(=O)N2CCC(NC(=O)c3ccccc3)CC2)cc1C(N)=O. The maximum atomic E-state index is 12.9. The number of rotatable bonds is 5. The lowest BCUT2D eigenvalue weighted by molar-refractivity contribution is 0.0923. The van der Waals surface area contributed by atoms with E-state index < -0.39 is 15.9 Å². The average Bonchev–Trinajstić information content (AvgIpc) is 2.69. The first-order valence-corrected chi connectivity index (χ1v) is 10.5. The lowest BCUT2D eigenvalue weighted by atomic mass is 10.1. The van der Waals surface area contributed by atoms with Crippen molar-refractivity contribution in [3.63, 3.8) is 0 Å². The Balaban J connectivity index is 1.66. The van der Waals surface area contributed by atoms with Crippen LogP contribution in [0.5, 0.6) is 0 Å². The van der Waals surface area contributed by atoms with Gasteiger partial charge in [0.05, 0.1) is 4.90 Å². The number of carbonyl (C=O) groups is 2. The van der Waals surface area contributed by atoms with Gasteiger partial charge < -0.3 is 11.1 Å². The van der Waals surface area contributed by atoms with Crippen LogP contribution in [0.25, 0.3) is 0 Å². The zero-order valence-electron chi connectivity index (χ0n) is 15.6. The molecule has 0 radical (unpaired) electrons. The molecule has 2 amide bonds. The Kier molecular flexibility index (Phi) is 5.81.